The number of nitrogens with zero attached hydrogens (tertiary/aromatic N) is 3. The molecule has 0 spiro atoms. The van der Waals surface area contributed by atoms with E-state index in [9.17, 15) is 12.8 Å². The van der Waals surface area contributed by atoms with Gasteiger partial charge >= 0.3 is 0 Å². The minimum absolute atomic E-state index is 0.112. The third-order valence-corrected chi connectivity index (χ3v) is 5.72. The maximum absolute atomic E-state index is 14.5. The van der Waals surface area contributed by atoms with Gasteiger partial charge in [0, 0.05) is 23.8 Å². The molecule has 0 amide bonds. The normalized spacial score (nSPS) is 11.7. The summed E-state index contributed by atoms with van der Waals surface area (Å²) in [6, 6.07) is 7.78. The number of pyridine rings is 1. The summed E-state index contributed by atoms with van der Waals surface area (Å²) in [5.74, 6) is 0.172. The maximum atomic E-state index is 14.5. The van der Waals surface area contributed by atoms with Crippen molar-refractivity contribution in [3.63, 3.8) is 0 Å². The molecule has 27 heavy (non-hydrogen) atoms. The molecule has 0 aliphatic rings. The maximum Gasteiger partial charge on any atom is 0.232 e. The molecule has 0 saturated carbocycles. The molecule has 3 rings (SSSR count). The van der Waals surface area contributed by atoms with E-state index >= 15 is 0 Å². The number of aromatic nitrogens is 2. The van der Waals surface area contributed by atoms with Crippen LogP contribution >= 0.6 is 11.6 Å². The van der Waals surface area contributed by atoms with Gasteiger partial charge in [0.2, 0.25) is 10.0 Å². The predicted octanol–water partition coefficient (Wildman–Crippen LogP) is 3.61. The van der Waals surface area contributed by atoms with Gasteiger partial charge in [-0.3, -0.25) is 4.31 Å². The molecule has 0 N–H and O–H groups in total. The van der Waals surface area contributed by atoms with Crippen molar-refractivity contribution in [1.82, 2.24) is 9.55 Å². The van der Waals surface area contributed by atoms with Crippen LogP contribution in [0.2, 0.25) is 5.15 Å². The average molecular weight is 412 g/mol. The number of halogens is 2. The molecule has 2 heterocycles. The fraction of sp³-hybridized carbons (Fsp3) is 0.278. The van der Waals surface area contributed by atoms with E-state index in [4.69, 9.17) is 16.3 Å². The molecule has 2 aromatic heterocycles. The van der Waals surface area contributed by atoms with Gasteiger partial charge < -0.3 is 9.30 Å². The highest BCUT2D eigenvalue weighted by atomic mass is 35.5. The molecule has 144 valence electrons. The zero-order valence-corrected chi connectivity index (χ0v) is 16.7. The first kappa shape index (κ1) is 19.4. The second-order valence-electron chi connectivity index (χ2n) is 6.12. The lowest BCUT2D eigenvalue weighted by molar-refractivity contribution is 0.419. The van der Waals surface area contributed by atoms with Crippen molar-refractivity contribution in [2.75, 3.05) is 24.2 Å². The number of sulfonamides is 1. The molecule has 3 aromatic rings. The van der Waals surface area contributed by atoms with Crippen molar-refractivity contribution in [3.8, 4) is 5.75 Å². The van der Waals surface area contributed by atoms with Crippen molar-refractivity contribution in [1.29, 1.82) is 0 Å². The standard InChI is InChI=1S/C18H19ClFN3O3S/c1-12-10-14-16(26-2)5-4-15(20)18(14)22(12)8-9-23(27(3,24)25)13-6-7-21-17(19)11-13/h4-7,10-11H,8-9H2,1-3H3. The number of ether oxygens (including phenoxy) is 1. The van der Waals surface area contributed by atoms with Gasteiger partial charge in [0.1, 0.15) is 16.7 Å². The van der Waals surface area contributed by atoms with Gasteiger partial charge in [-0.1, -0.05) is 11.6 Å². The van der Waals surface area contributed by atoms with Crippen LogP contribution in [0.1, 0.15) is 5.69 Å². The van der Waals surface area contributed by atoms with Gasteiger partial charge in [-0.25, -0.2) is 17.8 Å². The number of methoxy groups -OCH3 is 1. The monoisotopic (exact) mass is 411 g/mol. The highest BCUT2D eigenvalue weighted by molar-refractivity contribution is 7.92. The van der Waals surface area contributed by atoms with Crippen molar-refractivity contribution in [2.24, 2.45) is 0 Å². The number of rotatable bonds is 6. The van der Waals surface area contributed by atoms with Gasteiger partial charge in [-0.2, -0.15) is 0 Å². The van der Waals surface area contributed by atoms with Gasteiger partial charge in [0.15, 0.2) is 0 Å². The summed E-state index contributed by atoms with van der Waals surface area (Å²) in [6.45, 7) is 2.21. The first-order valence-electron chi connectivity index (χ1n) is 8.14. The smallest absolute Gasteiger partial charge is 0.232 e. The van der Waals surface area contributed by atoms with E-state index in [1.54, 1.807) is 16.7 Å². The minimum Gasteiger partial charge on any atom is -0.496 e. The lowest BCUT2D eigenvalue weighted by Crippen LogP contribution is -2.33. The van der Waals surface area contributed by atoms with Crippen LogP contribution in [0.25, 0.3) is 10.9 Å². The van der Waals surface area contributed by atoms with Crippen molar-refractivity contribution in [2.45, 2.75) is 13.5 Å². The van der Waals surface area contributed by atoms with E-state index in [0.717, 1.165) is 11.9 Å². The summed E-state index contributed by atoms with van der Waals surface area (Å²) in [4.78, 5) is 3.88. The van der Waals surface area contributed by atoms with Crippen LogP contribution in [-0.2, 0) is 16.6 Å². The number of aryl methyl sites for hydroxylation is 1. The molecule has 0 atom stereocenters. The molecule has 9 heteroatoms. The van der Waals surface area contributed by atoms with Crippen LogP contribution < -0.4 is 9.04 Å². The molecule has 0 saturated heterocycles. The summed E-state index contributed by atoms with van der Waals surface area (Å²) in [6.07, 6.45) is 2.56. The number of hydrogen-bond acceptors (Lipinski definition) is 4. The topological polar surface area (TPSA) is 64.4 Å². The molecular weight excluding hydrogens is 393 g/mol. The number of benzene rings is 1. The van der Waals surface area contributed by atoms with E-state index in [0.29, 0.717) is 22.3 Å². The third-order valence-electron chi connectivity index (χ3n) is 4.32. The highest BCUT2D eigenvalue weighted by Crippen LogP contribution is 2.31. The SMILES string of the molecule is COc1ccc(F)c2c1cc(C)n2CCN(c1ccnc(Cl)c1)S(C)(=O)=O. The molecule has 0 fully saturated rings. The van der Waals surface area contributed by atoms with Crippen LogP contribution in [-0.4, -0.2) is 37.9 Å². The van der Waals surface area contributed by atoms with Gasteiger partial charge in [-0.05, 0) is 37.3 Å². The minimum atomic E-state index is -3.56. The summed E-state index contributed by atoms with van der Waals surface area (Å²) in [5.41, 5.74) is 1.59. The second kappa shape index (κ2) is 7.36. The van der Waals surface area contributed by atoms with Crippen LogP contribution in [0.5, 0.6) is 5.75 Å². The highest BCUT2D eigenvalue weighted by Gasteiger charge is 2.20. The Hall–Kier alpha value is -2.32. The molecule has 0 aliphatic carbocycles. The van der Waals surface area contributed by atoms with E-state index in [-0.39, 0.29) is 18.2 Å². The van der Waals surface area contributed by atoms with Crippen LogP contribution in [0, 0.1) is 12.7 Å². The van der Waals surface area contributed by atoms with E-state index in [1.807, 2.05) is 13.0 Å². The third kappa shape index (κ3) is 3.86. The molecule has 6 nitrogen and oxygen atoms in total. The average Bonchev–Trinajstić information content (AvgIpc) is 2.92. The Morgan fingerprint density at radius 2 is 2.04 bits per heavy atom. The van der Waals surface area contributed by atoms with Crippen molar-refractivity contribution >= 4 is 38.2 Å². The van der Waals surface area contributed by atoms with Crippen LogP contribution in [0.15, 0.2) is 36.5 Å². The fourth-order valence-electron chi connectivity index (χ4n) is 3.13. The zero-order valence-electron chi connectivity index (χ0n) is 15.1. The lowest BCUT2D eigenvalue weighted by Gasteiger charge is -2.23. The van der Waals surface area contributed by atoms with E-state index in [2.05, 4.69) is 4.98 Å². The Balaban J connectivity index is 2.00. The van der Waals surface area contributed by atoms with Gasteiger partial charge in [-0.15, -0.1) is 0 Å². The summed E-state index contributed by atoms with van der Waals surface area (Å²) in [7, 11) is -2.04. The number of fused-ring (bicyclic) bond motifs is 1. The summed E-state index contributed by atoms with van der Waals surface area (Å²) >= 11 is 5.89. The Morgan fingerprint density at radius 3 is 2.67 bits per heavy atom. The fourth-order valence-corrected chi connectivity index (χ4v) is 4.21. The summed E-state index contributed by atoms with van der Waals surface area (Å²) < 4.78 is 47.3. The molecule has 0 bridgehead atoms. The second-order valence-corrected chi connectivity index (χ2v) is 8.42. The molecular formula is C18H19ClFN3O3S. The van der Waals surface area contributed by atoms with Gasteiger partial charge in [0.05, 0.1) is 31.1 Å². The first-order chi connectivity index (χ1) is 12.7. The first-order valence-corrected chi connectivity index (χ1v) is 10.4. The Kier molecular flexibility index (Phi) is 5.30. The Morgan fingerprint density at radius 1 is 1.30 bits per heavy atom. The lowest BCUT2D eigenvalue weighted by atomic mass is 10.2. The molecule has 1 aromatic carbocycles. The molecule has 0 radical (unpaired) electrons. The quantitative estimate of drug-likeness (QED) is 0.581. The Bertz CT molecular complexity index is 1100. The summed E-state index contributed by atoms with van der Waals surface area (Å²) in [5, 5.41) is 0.840. The van der Waals surface area contributed by atoms with Crippen molar-refractivity contribution < 1.29 is 17.5 Å². The Labute approximate surface area is 162 Å². The molecule has 0 unspecified atom stereocenters. The zero-order chi connectivity index (χ0) is 19.8. The van der Waals surface area contributed by atoms with E-state index < -0.39 is 15.8 Å². The predicted molar refractivity (Wildman–Crippen MR) is 105 cm³/mol. The van der Waals surface area contributed by atoms with Crippen molar-refractivity contribution in [3.05, 3.63) is 53.2 Å². The number of hydrogen-bond donors (Lipinski definition) is 0. The van der Waals surface area contributed by atoms with Crippen LogP contribution in [0.4, 0.5) is 10.1 Å². The van der Waals surface area contributed by atoms with Gasteiger partial charge in [0.25, 0.3) is 0 Å². The largest absolute Gasteiger partial charge is 0.496 e. The van der Waals surface area contributed by atoms with E-state index in [1.165, 1.54) is 29.7 Å². The van der Waals surface area contributed by atoms with Crippen LogP contribution in [0.3, 0.4) is 0 Å². The molecule has 0 aliphatic heterocycles. The number of anilines is 1.